The molecule has 0 atom stereocenters. The summed E-state index contributed by atoms with van der Waals surface area (Å²) in [6.45, 7) is 2.71. The molecule has 3 nitrogen and oxygen atoms in total. The lowest BCUT2D eigenvalue weighted by Crippen LogP contribution is -1.99. The van der Waals surface area contributed by atoms with Gasteiger partial charge in [0, 0.05) is 34.2 Å². The van der Waals surface area contributed by atoms with Gasteiger partial charge in [0.05, 0.1) is 6.61 Å². The molecular weight excluding hydrogens is 355 g/mol. The van der Waals surface area contributed by atoms with Crippen molar-refractivity contribution in [3.05, 3.63) is 54.0 Å². The Bertz CT molecular complexity index is 943. The summed E-state index contributed by atoms with van der Waals surface area (Å²) in [5, 5.41) is 9.41. The minimum Gasteiger partial charge on any atom is -0.504 e. The van der Waals surface area contributed by atoms with Crippen LogP contribution in [0, 0.1) is 17.5 Å². The molecule has 0 spiro atoms. The van der Waals surface area contributed by atoms with Gasteiger partial charge < -0.3 is 9.84 Å². The number of benzene rings is 2. The van der Waals surface area contributed by atoms with Gasteiger partial charge in [-0.2, -0.15) is 4.39 Å². The molecule has 0 radical (unpaired) electrons. The van der Waals surface area contributed by atoms with Crippen LogP contribution in [0.2, 0.25) is 0 Å². The molecule has 0 bridgehead atoms. The monoisotopic (exact) mass is 375 g/mol. The smallest absolute Gasteiger partial charge is 0.213 e. The average molecular weight is 375 g/mol. The van der Waals surface area contributed by atoms with E-state index < -0.39 is 23.2 Å². The first-order valence-corrected chi connectivity index (χ1v) is 8.91. The van der Waals surface area contributed by atoms with Crippen molar-refractivity contribution in [3.63, 3.8) is 0 Å². The highest BCUT2D eigenvalue weighted by molar-refractivity contribution is 5.92. The third kappa shape index (κ3) is 3.99. The van der Waals surface area contributed by atoms with E-state index in [4.69, 9.17) is 4.74 Å². The van der Waals surface area contributed by atoms with E-state index in [-0.39, 0.29) is 16.3 Å². The lowest BCUT2D eigenvalue weighted by Gasteiger charge is -2.10. The van der Waals surface area contributed by atoms with Crippen molar-refractivity contribution in [1.29, 1.82) is 0 Å². The summed E-state index contributed by atoms with van der Waals surface area (Å²) in [7, 11) is 0. The van der Waals surface area contributed by atoms with Gasteiger partial charge in [0.2, 0.25) is 11.7 Å². The quantitative estimate of drug-likeness (QED) is 0.516. The van der Waals surface area contributed by atoms with Crippen molar-refractivity contribution in [2.75, 3.05) is 6.61 Å². The number of aromatic hydroxyl groups is 1. The lowest BCUT2D eigenvalue weighted by atomic mass is 10.0. The van der Waals surface area contributed by atoms with E-state index in [1.807, 2.05) is 0 Å². The summed E-state index contributed by atoms with van der Waals surface area (Å²) in [5.74, 6) is -3.91. The van der Waals surface area contributed by atoms with Crippen LogP contribution < -0.4 is 4.74 Å². The van der Waals surface area contributed by atoms with Gasteiger partial charge in [0.15, 0.2) is 11.6 Å². The molecule has 0 saturated carbocycles. The van der Waals surface area contributed by atoms with Gasteiger partial charge in [-0.1, -0.05) is 32.3 Å². The fraction of sp³-hybridized carbons (Fsp3) is 0.286. The Kier molecular flexibility index (Phi) is 5.84. The Morgan fingerprint density at radius 3 is 2.48 bits per heavy atom. The number of pyridine rings is 1. The molecule has 0 aliphatic carbocycles. The first-order valence-electron chi connectivity index (χ1n) is 8.91. The third-order valence-electron chi connectivity index (χ3n) is 4.42. The minimum absolute atomic E-state index is 0.0878. The lowest BCUT2D eigenvalue weighted by molar-refractivity contribution is 0.294. The SMILES string of the molecule is CCCCCCOc1ccc(-c2ccc3c(O)c(F)c(F)cc3c2F)cn1. The number of hydrogen-bond acceptors (Lipinski definition) is 3. The Balaban J connectivity index is 1.83. The molecule has 0 unspecified atom stereocenters. The van der Waals surface area contributed by atoms with E-state index in [0.29, 0.717) is 18.1 Å². The van der Waals surface area contributed by atoms with Crippen LogP contribution in [0.25, 0.3) is 21.9 Å². The van der Waals surface area contributed by atoms with Crippen LogP contribution in [-0.2, 0) is 0 Å². The van der Waals surface area contributed by atoms with Crippen LogP contribution in [0.1, 0.15) is 32.6 Å². The average Bonchev–Trinajstić information content (AvgIpc) is 2.68. The Hall–Kier alpha value is -2.76. The third-order valence-corrected chi connectivity index (χ3v) is 4.42. The molecule has 0 fully saturated rings. The summed E-state index contributed by atoms with van der Waals surface area (Å²) < 4.78 is 47.4. The van der Waals surface area contributed by atoms with Crippen LogP contribution in [-0.4, -0.2) is 16.7 Å². The van der Waals surface area contributed by atoms with Crippen LogP contribution >= 0.6 is 0 Å². The maximum Gasteiger partial charge on any atom is 0.213 e. The van der Waals surface area contributed by atoms with Gasteiger partial charge in [-0.15, -0.1) is 0 Å². The van der Waals surface area contributed by atoms with Gasteiger partial charge in [0.1, 0.15) is 5.82 Å². The summed E-state index contributed by atoms with van der Waals surface area (Å²) in [6, 6.07) is 6.78. The molecular formula is C21H20F3NO2. The molecule has 0 saturated heterocycles. The van der Waals surface area contributed by atoms with Gasteiger partial charge >= 0.3 is 0 Å². The van der Waals surface area contributed by atoms with Crippen LogP contribution in [0.5, 0.6) is 11.6 Å². The number of phenols is 1. The van der Waals surface area contributed by atoms with E-state index in [1.165, 1.54) is 18.3 Å². The molecule has 142 valence electrons. The van der Waals surface area contributed by atoms with Crippen molar-refractivity contribution in [2.24, 2.45) is 0 Å². The zero-order valence-electron chi connectivity index (χ0n) is 14.9. The number of rotatable bonds is 7. The van der Waals surface area contributed by atoms with Gasteiger partial charge in [-0.25, -0.2) is 13.8 Å². The summed E-state index contributed by atoms with van der Waals surface area (Å²) in [4.78, 5) is 4.17. The number of nitrogens with zero attached hydrogens (tertiary/aromatic N) is 1. The van der Waals surface area contributed by atoms with Crippen molar-refractivity contribution in [1.82, 2.24) is 4.98 Å². The molecule has 1 heterocycles. The molecule has 0 aliphatic rings. The molecule has 3 aromatic rings. The van der Waals surface area contributed by atoms with Crippen LogP contribution in [0.15, 0.2) is 36.5 Å². The number of aromatic nitrogens is 1. The highest BCUT2D eigenvalue weighted by Crippen LogP contribution is 2.35. The first kappa shape index (κ1) is 19.0. The Labute approximate surface area is 155 Å². The number of phenolic OH excluding ortho intramolecular Hbond substituents is 1. The molecule has 0 amide bonds. The van der Waals surface area contributed by atoms with Gasteiger partial charge in [-0.3, -0.25) is 0 Å². The second-order valence-corrected chi connectivity index (χ2v) is 6.34. The fourth-order valence-electron chi connectivity index (χ4n) is 2.92. The summed E-state index contributed by atoms with van der Waals surface area (Å²) in [5.41, 5.74) is 0.645. The zero-order valence-corrected chi connectivity index (χ0v) is 14.9. The fourth-order valence-corrected chi connectivity index (χ4v) is 2.92. The zero-order chi connectivity index (χ0) is 19.4. The number of ether oxygens (including phenoxy) is 1. The van der Waals surface area contributed by atoms with E-state index >= 15 is 0 Å². The molecule has 27 heavy (non-hydrogen) atoms. The molecule has 6 heteroatoms. The predicted molar refractivity (Wildman–Crippen MR) is 98.4 cm³/mol. The second-order valence-electron chi connectivity index (χ2n) is 6.34. The number of unbranched alkanes of at least 4 members (excludes halogenated alkanes) is 3. The largest absolute Gasteiger partial charge is 0.504 e. The topological polar surface area (TPSA) is 42.4 Å². The second kappa shape index (κ2) is 8.29. The molecule has 0 aliphatic heterocycles. The maximum atomic E-state index is 14.8. The number of fused-ring (bicyclic) bond motifs is 1. The van der Waals surface area contributed by atoms with E-state index in [1.54, 1.807) is 12.1 Å². The standard InChI is InChI=1S/C21H20F3NO2/c1-2-3-4-5-10-27-18-9-6-13(12-25-18)14-7-8-15-16(19(14)23)11-17(22)20(24)21(15)26/h6-9,11-12,26H,2-5,10H2,1H3. The van der Waals surface area contributed by atoms with Gasteiger partial charge in [-0.05, 0) is 24.6 Å². The van der Waals surface area contributed by atoms with Crippen LogP contribution in [0.3, 0.4) is 0 Å². The molecule has 3 rings (SSSR count). The van der Waals surface area contributed by atoms with Crippen molar-refractivity contribution in [2.45, 2.75) is 32.6 Å². The van der Waals surface area contributed by atoms with Crippen molar-refractivity contribution < 1.29 is 23.0 Å². The van der Waals surface area contributed by atoms with E-state index in [9.17, 15) is 18.3 Å². The van der Waals surface area contributed by atoms with Gasteiger partial charge in [0.25, 0.3) is 0 Å². The van der Waals surface area contributed by atoms with E-state index in [0.717, 1.165) is 31.7 Å². The van der Waals surface area contributed by atoms with Crippen molar-refractivity contribution >= 4 is 10.8 Å². The highest BCUT2D eigenvalue weighted by atomic mass is 19.2. The predicted octanol–water partition coefficient (Wildman–Crippen LogP) is 5.98. The maximum absolute atomic E-state index is 14.8. The first-order chi connectivity index (χ1) is 13.0. The Morgan fingerprint density at radius 1 is 0.963 bits per heavy atom. The Morgan fingerprint density at radius 2 is 1.78 bits per heavy atom. The molecule has 1 N–H and O–H groups in total. The minimum atomic E-state index is -1.39. The van der Waals surface area contributed by atoms with E-state index in [2.05, 4.69) is 11.9 Å². The van der Waals surface area contributed by atoms with Crippen molar-refractivity contribution in [3.8, 4) is 22.8 Å². The molecule has 2 aromatic carbocycles. The summed E-state index contributed by atoms with van der Waals surface area (Å²) >= 11 is 0. The normalized spacial score (nSPS) is 11.1. The number of halogens is 3. The summed E-state index contributed by atoms with van der Waals surface area (Å²) in [6.07, 6.45) is 5.82. The highest BCUT2D eigenvalue weighted by Gasteiger charge is 2.18. The number of hydrogen-bond donors (Lipinski definition) is 1. The molecule has 1 aromatic heterocycles. The van der Waals surface area contributed by atoms with Crippen LogP contribution in [0.4, 0.5) is 13.2 Å².